The number of aromatic nitrogens is 3. The molecule has 1 N–H and O–H groups in total. The van der Waals surface area contributed by atoms with E-state index in [0.717, 1.165) is 39.1 Å². The first kappa shape index (κ1) is 19.5. The molecule has 2 aromatic carbocycles. The maximum absolute atomic E-state index is 11.6. The molecule has 0 unspecified atom stereocenters. The fourth-order valence-corrected chi connectivity index (χ4v) is 4.26. The SMILES string of the molecule is CN(c1ccc(C#N)cc1)c1ccc2c(C3=Cc4nccc(C(=O)O)c4C3)n(C)nc2c1. The van der Waals surface area contributed by atoms with E-state index < -0.39 is 5.97 Å². The predicted molar refractivity (Wildman–Crippen MR) is 123 cm³/mol. The lowest BCUT2D eigenvalue weighted by Gasteiger charge is -2.19. The van der Waals surface area contributed by atoms with Gasteiger partial charge in [0.25, 0.3) is 0 Å². The first-order valence-corrected chi connectivity index (χ1v) is 10.1. The molecule has 7 heteroatoms. The maximum Gasteiger partial charge on any atom is 0.336 e. The van der Waals surface area contributed by atoms with Crippen molar-refractivity contribution in [3.63, 3.8) is 0 Å². The lowest BCUT2D eigenvalue weighted by molar-refractivity contribution is 0.0695. The maximum atomic E-state index is 11.6. The lowest BCUT2D eigenvalue weighted by atomic mass is 10.0. The van der Waals surface area contributed by atoms with Crippen molar-refractivity contribution in [3.8, 4) is 6.07 Å². The van der Waals surface area contributed by atoms with Crippen LogP contribution in [-0.2, 0) is 13.5 Å². The topological polar surface area (TPSA) is 95.0 Å². The standard InChI is InChI=1S/C25H19N5O2/c1-29(17-5-3-15(14-26)4-6-17)18-7-8-20-23(13-18)28-30(2)24(20)16-11-21-19(25(31)32)9-10-27-22(21)12-16/h3-10,12-13H,11H2,1-2H3,(H,31,32). The molecule has 2 aromatic heterocycles. The minimum atomic E-state index is -0.941. The van der Waals surface area contributed by atoms with Crippen LogP contribution in [0.15, 0.2) is 54.7 Å². The average molecular weight is 421 g/mol. The van der Waals surface area contributed by atoms with Gasteiger partial charge in [0.2, 0.25) is 0 Å². The third-order valence-electron chi connectivity index (χ3n) is 5.89. The number of anilines is 2. The highest BCUT2D eigenvalue weighted by molar-refractivity contribution is 6.01. The molecule has 0 saturated carbocycles. The number of nitriles is 1. The van der Waals surface area contributed by atoms with E-state index in [9.17, 15) is 9.90 Å². The van der Waals surface area contributed by atoms with Crippen molar-refractivity contribution in [2.75, 3.05) is 11.9 Å². The second kappa shape index (κ2) is 7.36. The number of hydrogen-bond donors (Lipinski definition) is 1. The van der Waals surface area contributed by atoms with E-state index >= 15 is 0 Å². The van der Waals surface area contributed by atoms with Gasteiger partial charge in [-0.1, -0.05) is 0 Å². The second-order valence-electron chi connectivity index (χ2n) is 7.77. The molecule has 0 atom stereocenters. The molecule has 7 nitrogen and oxygen atoms in total. The summed E-state index contributed by atoms with van der Waals surface area (Å²) in [5.41, 5.74) is 7.11. The van der Waals surface area contributed by atoms with Crippen molar-refractivity contribution in [2.24, 2.45) is 7.05 Å². The number of allylic oxidation sites excluding steroid dienone is 1. The minimum Gasteiger partial charge on any atom is -0.478 e. The molecule has 2 heterocycles. The van der Waals surface area contributed by atoms with Crippen LogP contribution in [0.1, 0.15) is 32.9 Å². The Morgan fingerprint density at radius 1 is 1.16 bits per heavy atom. The number of aromatic carboxylic acids is 1. The number of benzene rings is 2. The molecular weight excluding hydrogens is 402 g/mol. The number of rotatable bonds is 4. The van der Waals surface area contributed by atoms with E-state index in [4.69, 9.17) is 10.4 Å². The Morgan fingerprint density at radius 2 is 1.91 bits per heavy atom. The predicted octanol–water partition coefficient (Wildman–Crippen LogP) is 4.40. The molecule has 1 aliphatic rings. The van der Waals surface area contributed by atoms with Gasteiger partial charge >= 0.3 is 5.97 Å². The zero-order valence-corrected chi connectivity index (χ0v) is 17.6. The number of carboxylic acids is 1. The normalized spacial score (nSPS) is 12.3. The summed E-state index contributed by atoms with van der Waals surface area (Å²) in [4.78, 5) is 18.0. The smallest absolute Gasteiger partial charge is 0.336 e. The summed E-state index contributed by atoms with van der Waals surface area (Å²) in [6, 6.07) is 17.2. The summed E-state index contributed by atoms with van der Waals surface area (Å²) in [7, 11) is 3.87. The van der Waals surface area contributed by atoms with Crippen LogP contribution in [0.3, 0.4) is 0 Å². The largest absolute Gasteiger partial charge is 0.478 e. The van der Waals surface area contributed by atoms with Crippen LogP contribution in [0.4, 0.5) is 11.4 Å². The van der Waals surface area contributed by atoms with Gasteiger partial charge in [-0.15, -0.1) is 0 Å². The van der Waals surface area contributed by atoms with Crippen LogP contribution in [0.2, 0.25) is 0 Å². The molecule has 0 saturated heterocycles. The van der Waals surface area contributed by atoms with Crippen molar-refractivity contribution in [1.29, 1.82) is 5.26 Å². The summed E-state index contributed by atoms with van der Waals surface area (Å²) in [5, 5.41) is 24.2. The molecule has 0 amide bonds. The van der Waals surface area contributed by atoms with Crippen LogP contribution in [-0.4, -0.2) is 32.9 Å². The van der Waals surface area contributed by atoms with E-state index in [1.807, 2.05) is 60.1 Å². The number of nitrogens with zero attached hydrogens (tertiary/aromatic N) is 5. The average Bonchev–Trinajstić information content (AvgIpc) is 3.37. The van der Waals surface area contributed by atoms with Crippen LogP contribution in [0.25, 0.3) is 22.6 Å². The number of hydrogen-bond acceptors (Lipinski definition) is 5. The molecule has 0 spiro atoms. The van der Waals surface area contributed by atoms with E-state index in [0.29, 0.717) is 23.2 Å². The molecule has 5 rings (SSSR count). The van der Waals surface area contributed by atoms with Gasteiger partial charge in [-0.2, -0.15) is 10.4 Å². The number of carbonyl (C=O) groups is 1. The Balaban J connectivity index is 1.51. The van der Waals surface area contributed by atoms with Gasteiger partial charge < -0.3 is 10.0 Å². The zero-order valence-electron chi connectivity index (χ0n) is 17.6. The van der Waals surface area contributed by atoms with Crippen LogP contribution in [0, 0.1) is 11.3 Å². The molecule has 0 bridgehead atoms. The molecule has 32 heavy (non-hydrogen) atoms. The third kappa shape index (κ3) is 3.10. The summed E-state index contributed by atoms with van der Waals surface area (Å²) in [6.45, 7) is 0. The number of pyridine rings is 1. The highest BCUT2D eigenvalue weighted by Gasteiger charge is 2.24. The van der Waals surface area contributed by atoms with Gasteiger partial charge in [-0.3, -0.25) is 9.67 Å². The van der Waals surface area contributed by atoms with E-state index in [1.165, 1.54) is 6.20 Å². The summed E-state index contributed by atoms with van der Waals surface area (Å²) in [5.74, 6) is -0.941. The Labute approximate surface area is 184 Å². The quantitative estimate of drug-likeness (QED) is 0.525. The number of aryl methyl sites for hydroxylation is 1. The Bertz CT molecular complexity index is 1460. The Morgan fingerprint density at radius 3 is 2.62 bits per heavy atom. The molecule has 0 radical (unpaired) electrons. The monoisotopic (exact) mass is 421 g/mol. The Hall–Kier alpha value is -4.44. The van der Waals surface area contributed by atoms with Crippen molar-refractivity contribution < 1.29 is 9.90 Å². The van der Waals surface area contributed by atoms with Crippen molar-refractivity contribution in [3.05, 3.63) is 82.8 Å². The second-order valence-corrected chi connectivity index (χ2v) is 7.77. The van der Waals surface area contributed by atoms with Crippen LogP contribution >= 0.6 is 0 Å². The fraction of sp³-hybridized carbons (Fsp3) is 0.120. The van der Waals surface area contributed by atoms with Crippen LogP contribution in [0.5, 0.6) is 0 Å². The molecular formula is C25H19N5O2. The molecule has 156 valence electrons. The molecule has 0 fully saturated rings. The van der Waals surface area contributed by atoms with Crippen molar-refractivity contribution >= 4 is 39.9 Å². The first-order chi connectivity index (χ1) is 15.5. The molecule has 1 aliphatic carbocycles. The van der Waals surface area contributed by atoms with E-state index in [-0.39, 0.29) is 0 Å². The Kier molecular flexibility index (Phi) is 4.49. The van der Waals surface area contributed by atoms with Crippen LogP contribution < -0.4 is 4.90 Å². The summed E-state index contributed by atoms with van der Waals surface area (Å²) >= 11 is 0. The minimum absolute atomic E-state index is 0.291. The van der Waals surface area contributed by atoms with Gasteiger partial charge in [0, 0.05) is 43.5 Å². The van der Waals surface area contributed by atoms with Crippen molar-refractivity contribution in [1.82, 2.24) is 14.8 Å². The molecule has 4 aromatic rings. The zero-order chi connectivity index (χ0) is 22.4. The van der Waals surface area contributed by atoms with E-state index in [2.05, 4.69) is 11.1 Å². The molecule has 0 aliphatic heterocycles. The first-order valence-electron chi connectivity index (χ1n) is 10.1. The van der Waals surface area contributed by atoms with E-state index in [1.54, 1.807) is 18.2 Å². The van der Waals surface area contributed by atoms with Gasteiger partial charge in [0.1, 0.15) is 0 Å². The highest BCUT2D eigenvalue weighted by atomic mass is 16.4. The fourth-order valence-electron chi connectivity index (χ4n) is 4.26. The van der Waals surface area contributed by atoms with Gasteiger partial charge in [-0.05, 0) is 65.7 Å². The van der Waals surface area contributed by atoms with Crippen molar-refractivity contribution in [2.45, 2.75) is 6.42 Å². The summed E-state index contributed by atoms with van der Waals surface area (Å²) in [6.07, 6.45) is 4.00. The number of fused-ring (bicyclic) bond motifs is 2. The number of carboxylic acid groups (broad SMARTS) is 1. The van der Waals surface area contributed by atoms with Gasteiger partial charge in [0.15, 0.2) is 0 Å². The van der Waals surface area contributed by atoms with Gasteiger partial charge in [-0.25, -0.2) is 4.79 Å². The highest BCUT2D eigenvalue weighted by Crippen LogP contribution is 2.37. The third-order valence-corrected chi connectivity index (χ3v) is 5.89. The van der Waals surface area contributed by atoms with Gasteiger partial charge in [0.05, 0.1) is 34.1 Å². The summed E-state index contributed by atoms with van der Waals surface area (Å²) < 4.78 is 1.84. The lowest BCUT2D eigenvalue weighted by Crippen LogP contribution is -2.09.